The van der Waals surface area contributed by atoms with E-state index in [-0.39, 0.29) is 5.56 Å². The summed E-state index contributed by atoms with van der Waals surface area (Å²) in [6, 6.07) is 7.13. The Balaban J connectivity index is 2.03. The molecule has 0 bridgehead atoms. The maximum Gasteiger partial charge on any atom is 0.267 e. The van der Waals surface area contributed by atoms with E-state index < -0.39 is 0 Å². The molecule has 4 aromatic rings. The van der Waals surface area contributed by atoms with Crippen molar-refractivity contribution in [3.8, 4) is 5.69 Å². The summed E-state index contributed by atoms with van der Waals surface area (Å²) in [5.41, 5.74) is 7.92. The van der Waals surface area contributed by atoms with Crippen LogP contribution in [0.5, 0.6) is 0 Å². The van der Waals surface area contributed by atoms with Crippen LogP contribution < -0.4 is 16.2 Å². The normalized spacial score (nSPS) is 11.3. The Kier molecular flexibility index (Phi) is 4.21. The van der Waals surface area contributed by atoms with E-state index in [1.165, 1.54) is 0 Å². The van der Waals surface area contributed by atoms with Gasteiger partial charge in [0.05, 0.1) is 23.1 Å². The maximum absolute atomic E-state index is 13.1. The molecule has 0 aliphatic carbocycles. The molecule has 9 nitrogen and oxygen atoms in total. The van der Waals surface area contributed by atoms with Gasteiger partial charge in [-0.05, 0) is 18.2 Å². The van der Waals surface area contributed by atoms with E-state index in [4.69, 9.17) is 10.5 Å². The van der Waals surface area contributed by atoms with Gasteiger partial charge in [0.25, 0.3) is 5.56 Å². The SMILES string of the molecule is COCCN(C)c1ncc2c3n[nH]cc3c(=O)n(-c3cccc(N)c3)c2n1. The second kappa shape index (κ2) is 6.69. The van der Waals surface area contributed by atoms with Gasteiger partial charge in [0.1, 0.15) is 5.52 Å². The van der Waals surface area contributed by atoms with E-state index in [0.29, 0.717) is 52.4 Å². The summed E-state index contributed by atoms with van der Waals surface area (Å²) in [4.78, 5) is 24.1. The van der Waals surface area contributed by atoms with Gasteiger partial charge in [0.2, 0.25) is 5.95 Å². The molecule has 3 aromatic heterocycles. The zero-order chi connectivity index (χ0) is 19.0. The lowest BCUT2D eigenvalue weighted by molar-refractivity contribution is 0.206. The van der Waals surface area contributed by atoms with Crippen molar-refractivity contribution in [1.29, 1.82) is 0 Å². The van der Waals surface area contributed by atoms with Gasteiger partial charge in [-0.15, -0.1) is 0 Å². The fourth-order valence-electron chi connectivity index (χ4n) is 2.99. The van der Waals surface area contributed by atoms with E-state index in [2.05, 4.69) is 20.2 Å². The molecule has 0 radical (unpaired) electrons. The van der Waals surface area contributed by atoms with Gasteiger partial charge in [-0.25, -0.2) is 4.98 Å². The van der Waals surface area contributed by atoms with Crippen molar-refractivity contribution in [2.45, 2.75) is 0 Å². The number of nitrogen functional groups attached to an aromatic ring is 1. The highest BCUT2D eigenvalue weighted by molar-refractivity contribution is 6.02. The number of rotatable bonds is 5. The fraction of sp³-hybridized carbons (Fsp3) is 0.222. The molecule has 9 heteroatoms. The van der Waals surface area contributed by atoms with Crippen molar-refractivity contribution in [2.24, 2.45) is 0 Å². The highest BCUT2D eigenvalue weighted by atomic mass is 16.5. The number of aromatic nitrogens is 5. The highest BCUT2D eigenvalue weighted by Gasteiger charge is 2.17. The van der Waals surface area contributed by atoms with Gasteiger partial charge in [-0.3, -0.25) is 14.5 Å². The zero-order valence-corrected chi connectivity index (χ0v) is 15.0. The predicted octanol–water partition coefficient (Wildman–Crippen LogP) is 1.32. The number of nitrogens with one attached hydrogen (secondary N) is 1. The molecule has 0 spiro atoms. The van der Waals surface area contributed by atoms with E-state index in [1.807, 2.05) is 18.0 Å². The minimum absolute atomic E-state index is 0.221. The summed E-state index contributed by atoms with van der Waals surface area (Å²) in [7, 11) is 3.51. The maximum atomic E-state index is 13.1. The van der Waals surface area contributed by atoms with Crippen LogP contribution in [-0.4, -0.2) is 52.0 Å². The first-order valence-electron chi connectivity index (χ1n) is 8.41. The van der Waals surface area contributed by atoms with Crippen LogP contribution in [0.2, 0.25) is 0 Å². The van der Waals surface area contributed by atoms with Gasteiger partial charge < -0.3 is 15.4 Å². The molecular weight excluding hydrogens is 346 g/mol. The third kappa shape index (κ3) is 2.87. The fourth-order valence-corrected chi connectivity index (χ4v) is 2.99. The number of hydrogen-bond acceptors (Lipinski definition) is 7. The highest BCUT2D eigenvalue weighted by Crippen LogP contribution is 2.23. The summed E-state index contributed by atoms with van der Waals surface area (Å²) in [5.74, 6) is 0.492. The van der Waals surface area contributed by atoms with Crippen LogP contribution in [0, 0.1) is 0 Å². The topological polar surface area (TPSA) is 115 Å². The average Bonchev–Trinajstić information content (AvgIpc) is 3.16. The van der Waals surface area contributed by atoms with E-state index in [9.17, 15) is 4.79 Å². The lowest BCUT2D eigenvalue weighted by Crippen LogP contribution is -2.25. The molecule has 3 N–H and O–H groups in total. The number of benzene rings is 1. The number of hydrogen-bond donors (Lipinski definition) is 2. The van der Waals surface area contributed by atoms with Crippen LogP contribution in [0.25, 0.3) is 27.6 Å². The van der Waals surface area contributed by atoms with Crippen LogP contribution in [-0.2, 0) is 4.74 Å². The quantitative estimate of drug-likeness (QED) is 0.513. The molecule has 4 rings (SSSR count). The first kappa shape index (κ1) is 17.0. The summed E-state index contributed by atoms with van der Waals surface area (Å²) >= 11 is 0. The van der Waals surface area contributed by atoms with E-state index in [1.54, 1.807) is 42.3 Å². The summed E-state index contributed by atoms with van der Waals surface area (Å²) < 4.78 is 6.65. The molecule has 0 fully saturated rings. The van der Waals surface area contributed by atoms with Gasteiger partial charge in [0, 0.05) is 38.8 Å². The summed E-state index contributed by atoms with van der Waals surface area (Å²) in [6.45, 7) is 1.16. The number of aromatic amines is 1. The molecule has 0 aliphatic heterocycles. The smallest absolute Gasteiger partial charge is 0.267 e. The molecule has 27 heavy (non-hydrogen) atoms. The van der Waals surface area contributed by atoms with Gasteiger partial charge in [-0.1, -0.05) is 6.07 Å². The lowest BCUT2D eigenvalue weighted by Gasteiger charge is -2.18. The van der Waals surface area contributed by atoms with Crippen molar-refractivity contribution in [1.82, 2.24) is 24.7 Å². The monoisotopic (exact) mass is 365 g/mol. The number of H-pyrrole nitrogens is 1. The number of pyridine rings is 1. The Labute approximate surface area is 154 Å². The molecule has 138 valence electrons. The van der Waals surface area contributed by atoms with Crippen molar-refractivity contribution < 1.29 is 4.74 Å². The molecule has 3 heterocycles. The Morgan fingerprint density at radius 3 is 2.96 bits per heavy atom. The third-order valence-electron chi connectivity index (χ3n) is 4.40. The van der Waals surface area contributed by atoms with Gasteiger partial charge >= 0.3 is 0 Å². The number of anilines is 2. The van der Waals surface area contributed by atoms with Crippen molar-refractivity contribution in [2.75, 3.05) is 37.9 Å². The standard InChI is InChI=1S/C18H19N7O2/c1-24(6-7-27-2)18-20-9-13-15-14(10-21-23-15)17(26)25(16(13)22-18)12-5-3-4-11(19)8-12/h3-5,8-10H,6-7,19H2,1-2H3,(H,21,23). The van der Waals surface area contributed by atoms with Crippen LogP contribution in [0.3, 0.4) is 0 Å². The molecule has 0 unspecified atom stereocenters. The van der Waals surface area contributed by atoms with E-state index in [0.717, 1.165) is 0 Å². The van der Waals surface area contributed by atoms with Gasteiger partial charge in [0.15, 0.2) is 5.65 Å². The molecule has 0 amide bonds. The molecule has 0 saturated carbocycles. The Morgan fingerprint density at radius 2 is 2.19 bits per heavy atom. The van der Waals surface area contributed by atoms with Gasteiger partial charge in [-0.2, -0.15) is 10.1 Å². The van der Waals surface area contributed by atoms with Crippen LogP contribution in [0.15, 0.2) is 41.5 Å². The summed E-state index contributed by atoms with van der Waals surface area (Å²) in [6.07, 6.45) is 3.27. The number of fused-ring (bicyclic) bond motifs is 3. The number of ether oxygens (including phenoxy) is 1. The third-order valence-corrected chi connectivity index (χ3v) is 4.40. The molecule has 1 aromatic carbocycles. The van der Waals surface area contributed by atoms with Crippen molar-refractivity contribution >= 4 is 33.6 Å². The molecular formula is C18H19N7O2. The second-order valence-electron chi connectivity index (χ2n) is 6.20. The van der Waals surface area contributed by atoms with Crippen LogP contribution >= 0.6 is 0 Å². The molecule has 0 atom stereocenters. The summed E-state index contributed by atoms with van der Waals surface area (Å²) in [5, 5.41) is 8.11. The number of methoxy groups -OCH3 is 1. The Hall–Kier alpha value is -3.46. The first-order chi connectivity index (χ1) is 13.1. The Morgan fingerprint density at radius 1 is 1.33 bits per heavy atom. The largest absolute Gasteiger partial charge is 0.399 e. The van der Waals surface area contributed by atoms with E-state index >= 15 is 0 Å². The van der Waals surface area contributed by atoms with Crippen LogP contribution in [0.4, 0.5) is 11.6 Å². The lowest BCUT2D eigenvalue weighted by atomic mass is 10.2. The average molecular weight is 365 g/mol. The predicted molar refractivity (Wildman–Crippen MR) is 104 cm³/mol. The minimum atomic E-state index is -0.221. The Bertz CT molecular complexity index is 1180. The molecule has 0 aliphatic rings. The van der Waals surface area contributed by atoms with Crippen molar-refractivity contribution in [3.05, 3.63) is 47.0 Å². The number of nitrogens with two attached hydrogens (primary N) is 1. The number of likely N-dealkylation sites (N-methyl/N-ethyl adjacent to an activating group) is 1. The minimum Gasteiger partial charge on any atom is -0.399 e. The second-order valence-corrected chi connectivity index (χ2v) is 6.20. The van der Waals surface area contributed by atoms with Crippen molar-refractivity contribution in [3.63, 3.8) is 0 Å². The van der Waals surface area contributed by atoms with Crippen LogP contribution in [0.1, 0.15) is 0 Å². The number of nitrogens with zero attached hydrogens (tertiary/aromatic N) is 5. The first-order valence-corrected chi connectivity index (χ1v) is 8.41. The molecule has 0 saturated heterocycles. The zero-order valence-electron chi connectivity index (χ0n) is 15.0.